The van der Waals surface area contributed by atoms with Crippen LogP contribution in [0.25, 0.3) is 11.4 Å². The van der Waals surface area contributed by atoms with Crippen molar-refractivity contribution in [3.05, 3.63) is 47.8 Å². The number of nitrogens with zero attached hydrogens (tertiary/aromatic N) is 2. The maximum atomic E-state index is 12.9. The van der Waals surface area contributed by atoms with Crippen LogP contribution in [0, 0.1) is 0 Å². The molecule has 1 aliphatic carbocycles. The molecule has 1 fully saturated rings. The van der Waals surface area contributed by atoms with Gasteiger partial charge in [-0.2, -0.15) is 13.2 Å². The lowest BCUT2D eigenvalue weighted by Gasteiger charge is -2.07. The number of aromatic nitrogens is 2. The Balaban J connectivity index is 1.89. The van der Waals surface area contributed by atoms with Crippen LogP contribution in [0.4, 0.5) is 17.6 Å². The van der Waals surface area contributed by atoms with E-state index >= 15 is 0 Å². The highest BCUT2D eigenvalue weighted by Crippen LogP contribution is 2.43. The number of hydrogen-bond acceptors (Lipinski definition) is 2. The van der Waals surface area contributed by atoms with Gasteiger partial charge < -0.3 is 0 Å². The summed E-state index contributed by atoms with van der Waals surface area (Å²) in [6.45, 7) is 0. The van der Waals surface area contributed by atoms with Crippen LogP contribution in [0.5, 0.6) is 0 Å². The number of benzene rings is 1. The molecule has 0 radical (unpaired) electrons. The molecule has 0 saturated heterocycles. The molecule has 0 N–H and O–H groups in total. The van der Waals surface area contributed by atoms with Gasteiger partial charge in [0.15, 0.2) is 5.82 Å². The van der Waals surface area contributed by atoms with Crippen LogP contribution in [0.1, 0.15) is 23.6 Å². The molecular formula is C14H10F4N2. The van der Waals surface area contributed by atoms with E-state index in [1.165, 1.54) is 0 Å². The minimum atomic E-state index is -4.49. The molecule has 1 aromatic carbocycles. The van der Waals surface area contributed by atoms with Crippen molar-refractivity contribution >= 4 is 0 Å². The second-order valence-electron chi connectivity index (χ2n) is 4.74. The summed E-state index contributed by atoms with van der Waals surface area (Å²) in [5, 5.41) is 0. The summed E-state index contributed by atoms with van der Waals surface area (Å²) in [5.74, 6) is -0.0644. The van der Waals surface area contributed by atoms with Crippen molar-refractivity contribution in [2.24, 2.45) is 0 Å². The molecule has 3 rings (SSSR count). The van der Waals surface area contributed by atoms with Crippen LogP contribution in [0.15, 0.2) is 36.5 Å². The highest BCUT2D eigenvalue weighted by Gasteiger charge is 2.38. The quantitative estimate of drug-likeness (QED) is 0.778. The lowest BCUT2D eigenvalue weighted by atomic mass is 10.1. The summed E-state index contributed by atoms with van der Waals surface area (Å²) in [6, 6.07) is 7.49. The Morgan fingerprint density at radius 2 is 1.70 bits per heavy atom. The molecular weight excluding hydrogens is 272 g/mol. The van der Waals surface area contributed by atoms with Crippen molar-refractivity contribution in [2.45, 2.75) is 24.7 Å². The molecule has 2 unspecified atom stereocenters. The highest BCUT2D eigenvalue weighted by molar-refractivity contribution is 5.56. The first-order valence-corrected chi connectivity index (χ1v) is 6.10. The average molecular weight is 282 g/mol. The van der Waals surface area contributed by atoms with E-state index in [1.54, 1.807) is 24.3 Å². The normalized spacial score (nSPS) is 21.8. The largest absolute Gasteiger partial charge is 0.433 e. The summed E-state index contributed by atoms with van der Waals surface area (Å²) in [5.41, 5.74) is 0.363. The van der Waals surface area contributed by atoms with Crippen LogP contribution in [0.3, 0.4) is 0 Å². The van der Waals surface area contributed by atoms with E-state index in [0.29, 0.717) is 12.0 Å². The SMILES string of the molecule is FC1CC1c1ccc(-c2nccc(C(F)(F)F)n2)cc1. The maximum absolute atomic E-state index is 12.9. The molecule has 1 aromatic heterocycles. The maximum Gasteiger partial charge on any atom is 0.433 e. The van der Waals surface area contributed by atoms with Gasteiger partial charge in [0.05, 0.1) is 0 Å². The van der Waals surface area contributed by atoms with Crippen molar-refractivity contribution in [1.82, 2.24) is 9.97 Å². The van der Waals surface area contributed by atoms with E-state index in [4.69, 9.17) is 0 Å². The second-order valence-corrected chi connectivity index (χ2v) is 4.74. The van der Waals surface area contributed by atoms with Crippen molar-refractivity contribution in [3.8, 4) is 11.4 Å². The summed E-state index contributed by atoms with van der Waals surface area (Å²) in [7, 11) is 0. The number of hydrogen-bond donors (Lipinski definition) is 0. The van der Waals surface area contributed by atoms with E-state index in [9.17, 15) is 17.6 Å². The zero-order chi connectivity index (χ0) is 14.3. The smallest absolute Gasteiger partial charge is 0.247 e. The van der Waals surface area contributed by atoms with Gasteiger partial charge in [0.25, 0.3) is 0 Å². The third-order valence-corrected chi connectivity index (χ3v) is 3.26. The molecule has 2 atom stereocenters. The third-order valence-electron chi connectivity index (χ3n) is 3.26. The fraction of sp³-hybridized carbons (Fsp3) is 0.286. The van der Waals surface area contributed by atoms with Gasteiger partial charge in [-0.25, -0.2) is 14.4 Å². The van der Waals surface area contributed by atoms with Crippen LogP contribution in [-0.2, 0) is 6.18 Å². The first-order chi connectivity index (χ1) is 9.45. The first-order valence-electron chi connectivity index (χ1n) is 6.10. The van der Waals surface area contributed by atoms with E-state index < -0.39 is 18.0 Å². The molecule has 0 bridgehead atoms. The van der Waals surface area contributed by atoms with Gasteiger partial charge in [-0.05, 0) is 18.1 Å². The van der Waals surface area contributed by atoms with Gasteiger partial charge in [-0.15, -0.1) is 0 Å². The molecule has 1 saturated carbocycles. The standard InChI is InChI=1S/C14H10F4N2/c15-11-7-10(11)8-1-3-9(4-2-8)13-19-6-5-12(20-13)14(16,17)18/h1-6,10-11H,7H2. The lowest BCUT2D eigenvalue weighted by molar-refractivity contribution is -0.141. The summed E-state index contributed by atoms with van der Waals surface area (Å²) in [4.78, 5) is 7.35. The molecule has 1 heterocycles. The topological polar surface area (TPSA) is 25.8 Å². The Hall–Kier alpha value is -1.98. The second kappa shape index (κ2) is 4.54. The Morgan fingerprint density at radius 1 is 1.05 bits per heavy atom. The molecule has 6 heteroatoms. The third kappa shape index (κ3) is 2.50. The van der Waals surface area contributed by atoms with Crippen LogP contribution in [-0.4, -0.2) is 16.1 Å². The Bertz CT molecular complexity index is 622. The van der Waals surface area contributed by atoms with Gasteiger partial charge in [0.1, 0.15) is 11.9 Å². The zero-order valence-electron chi connectivity index (χ0n) is 10.2. The minimum Gasteiger partial charge on any atom is -0.247 e. The number of halogens is 4. The van der Waals surface area contributed by atoms with E-state index in [-0.39, 0.29) is 11.7 Å². The Kier molecular flexibility index (Phi) is 2.96. The molecule has 2 aromatic rings. The summed E-state index contributed by atoms with van der Waals surface area (Å²) < 4.78 is 50.6. The molecule has 0 spiro atoms. The van der Waals surface area contributed by atoms with Crippen LogP contribution in [0.2, 0.25) is 0 Å². The van der Waals surface area contributed by atoms with Gasteiger partial charge in [0.2, 0.25) is 0 Å². The highest BCUT2D eigenvalue weighted by atomic mass is 19.4. The molecule has 0 amide bonds. The number of alkyl halides is 4. The van der Waals surface area contributed by atoms with Crippen LogP contribution >= 0.6 is 0 Å². The lowest BCUT2D eigenvalue weighted by Crippen LogP contribution is -2.08. The Labute approximate surface area is 112 Å². The average Bonchev–Trinajstić information content (AvgIpc) is 3.15. The van der Waals surface area contributed by atoms with Gasteiger partial charge >= 0.3 is 6.18 Å². The minimum absolute atomic E-state index is 0.0129. The van der Waals surface area contributed by atoms with Crippen molar-refractivity contribution in [3.63, 3.8) is 0 Å². The molecule has 0 aliphatic heterocycles. The summed E-state index contributed by atoms with van der Waals surface area (Å²) in [6.07, 6.45) is -3.70. The van der Waals surface area contributed by atoms with E-state index in [1.807, 2.05) is 0 Å². The van der Waals surface area contributed by atoms with Crippen molar-refractivity contribution in [2.75, 3.05) is 0 Å². The van der Waals surface area contributed by atoms with Gasteiger partial charge in [-0.1, -0.05) is 24.3 Å². The molecule has 2 nitrogen and oxygen atoms in total. The molecule has 1 aliphatic rings. The predicted molar refractivity (Wildman–Crippen MR) is 64.7 cm³/mol. The van der Waals surface area contributed by atoms with Gasteiger partial charge in [0, 0.05) is 17.7 Å². The number of rotatable bonds is 2. The van der Waals surface area contributed by atoms with Crippen molar-refractivity contribution < 1.29 is 17.6 Å². The fourth-order valence-corrected chi connectivity index (χ4v) is 2.04. The summed E-state index contributed by atoms with van der Waals surface area (Å²) >= 11 is 0. The van der Waals surface area contributed by atoms with Crippen LogP contribution < -0.4 is 0 Å². The van der Waals surface area contributed by atoms with Crippen molar-refractivity contribution in [1.29, 1.82) is 0 Å². The first kappa shape index (κ1) is 13.0. The fourth-order valence-electron chi connectivity index (χ4n) is 2.04. The Morgan fingerprint density at radius 3 is 2.25 bits per heavy atom. The van der Waals surface area contributed by atoms with E-state index in [0.717, 1.165) is 17.8 Å². The molecule has 20 heavy (non-hydrogen) atoms. The molecule has 104 valence electrons. The monoisotopic (exact) mass is 282 g/mol. The zero-order valence-corrected chi connectivity index (χ0v) is 10.2. The van der Waals surface area contributed by atoms with E-state index in [2.05, 4.69) is 9.97 Å². The van der Waals surface area contributed by atoms with Gasteiger partial charge in [-0.3, -0.25) is 0 Å². The predicted octanol–water partition coefficient (Wildman–Crippen LogP) is 3.99.